The van der Waals surface area contributed by atoms with E-state index in [4.69, 9.17) is 9.84 Å². The van der Waals surface area contributed by atoms with Crippen LogP contribution in [-0.2, 0) is 6.61 Å². The molecule has 0 aliphatic carbocycles. The van der Waals surface area contributed by atoms with Gasteiger partial charge in [-0.25, -0.2) is 9.18 Å². The number of carbonyl (C=O) groups is 1. The first-order valence-corrected chi connectivity index (χ1v) is 6.19. The van der Waals surface area contributed by atoms with E-state index in [9.17, 15) is 9.18 Å². The lowest BCUT2D eigenvalue weighted by molar-refractivity contribution is 0.0695. The van der Waals surface area contributed by atoms with Gasteiger partial charge in [-0.3, -0.25) is 0 Å². The lowest BCUT2D eigenvalue weighted by Gasteiger charge is -2.12. The summed E-state index contributed by atoms with van der Waals surface area (Å²) < 4.78 is 18.9. The van der Waals surface area contributed by atoms with Crippen LogP contribution in [0.2, 0.25) is 0 Å². The topological polar surface area (TPSA) is 46.5 Å². The van der Waals surface area contributed by atoms with Crippen molar-refractivity contribution in [2.45, 2.75) is 20.5 Å². The Morgan fingerprint density at radius 3 is 2.45 bits per heavy atom. The average molecular weight is 274 g/mol. The predicted molar refractivity (Wildman–Crippen MR) is 73.6 cm³/mol. The number of ether oxygens (including phenoxy) is 1. The second-order valence-electron chi connectivity index (χ2n) is 4.64. The summed E-state index contributed by atoms with van der Waals surface area (Å²) in [6.07, 6.45) is 0. The van der Waals surface area contributed by atoms with Crippen molar-refractivity contribution in [1.29, 1.82) is 0 Å². The van der Waals surface area contributed by atoms with Gasteiger partial charge in [-0.1, -0.05) is 18.2 Å². The number of hydrogen-bond donors (Lipinski definition) is 1. The Labute approximate surface area is 116 Å². The fraction of sp³-hybridized carbons (Fsp3) is 0.188. The minimum Gasteiger partial charge on any atom is -0.489 e. The van der Waals surface area contributed by atoms with Gasteiger partial charge in [0, 0.05) is 6.07 Å². The van der Waals surface area contributed by atoms with Crippen molar-refractivity contribution in [1.82, 2.24) is 0 Å². The molecule has 0 bridgehead atoms. The molecule has 0 heterocycles. The molecule has 0 aliphatic rings. The van der Waals surface area contributed by atoms with E-state index in [2.05, 4.69) is 0 Å². The highest BCUT2D eigenvalue weighted by molar-refractivity contribution is 5.88. The van der Waals surface area contributed by atoms with Crippen molar-refractivity contribution >= 4 is 5.97 Å². The molecule has 0 aliphatic heterocycles. The van der Waals surface area contributed by atoms with E-state index >= 15 is 0 Å². The third-order valence-electron chi connectivity index (χ3n) is 3.15. The Bertz CT molecular complexity index is 630. The smallest absolute Gasteiger partial charge is 0.335 e. The van der Waals surface area contributed by atoms with Gasteiger partial charge in [-0.2, -0.15) is 0 Å². The van der Waals surface area contributed by atoms with Crippen molar-refractivity contribution in [3.05, 3.63) is 64.5 Å². The molecule has 2 aromatic rings. The van der Waals surface area contributed by atoms with Gasteiger partial charge in [-0.05, 0) is 42.7 Å². The Hall–Kier alpha value is -2.36. The van der Waals surface area contributed by atoms with Crippen LogP contribution in [0.4, 0.5) is 4.39 Å². The molecule has 0 aromatic heterocycles. The van der Waals surface area contributed by atoms with Crippen LogP contribution in [0.25, 0.3) is 0 Å². The van der Waals surface area contributed by atoms with E-state index in [1.165, 1.54) is 12.1 Å². The van der Waals surface area contributed by atoms with Crippen LogP contribution < -0.4 is 4.74 Å². The number of aromatic carboxylic acids is 1. The van der Waals surface area contributed by atoms with Gasteiger partial charge in [0.15, 0.2) is 0 Å². The summed E-state index contributed by atoms with van der Waals surface area (Å²) >= 11 is 0. The predicted octanol–water partition coefficient (Wildman–Crippen LogP) is 3.72. The standard InChI is InChI=1S/C16H15FO3/c1-10-4-3-5-11(2)15(10)9-20-14-7-12(16(18)19)6-13(17)8-14/h3-8H,9H2,1-2H3,(H,18,19). The highest BCUT2D eigenvalue weighted by Crippen LogP contribution is 2.20. The quantitative estimate of drug-likeness (QED) is 0.924. The maximum atomic E-state index is 13.3. The molecule has 0 saturated heterocycles. The zero-order valence-electron chi connectivity index (χ0n) is 11.3. The number of benzene rings is 2. The Balaban J connectivity index is 2.21. The summed E-state index contributed by atoms with van der Waals surface area (Å²) in [5, 5.41) is 8.88. The molecule has 2 rings (SSSR count). The van der Waals surface area contributed by atoms with E-state index in [0.29, 0.717) is 0 Å². The molecule has 0 spiro atoms. The average Bonchev–Trinajstić information content (AvgIpc) is 2.37. The van der Waals surface area contributed by atoms with Crippen LogP contribution in [0, 0.1) is 19.7 Å². The summed E-state index contributed by atoms with van der Waals surface area (Å²) in [4.78, 5) is 10.9. The third kappa shape index (κ3) is 3.15. The van der Waals surface area contributed by atoms with E-state index in [1.54, 1.807) is 0 Å². The highest BCUT2D eigenvalue weighted by atomic mass is 19.1. The van der Waals surface area contributed by atoms with Gasteiger partial charge in [0.25, 0.3) is 0 Å². The lowest BCUT2D eigenvalue weighted by atomic mass is 10.0. The lowest BCUT2D eigenvalue weighted by Crippen LogP contribution is -2.03. The number of halogens is 1. The van der Waals surface area contributed by atoms with Gasteiger partial charge in [-0.15, -0.1) is 0 Å². The number of aryl methyl sites for hydroxylation is 2. The van der Waals surface area contributed by atoms with E-state index < -0.39 is 11.8 Å². The first kappa shape index (κ1) is 14.1. The third-order valence-corrected chi connectivity index (χ3v) is 3.15. The number of carboxylic acid groups (broad SMARTS) is 1. The Kier molecular flexibility index (Phi) is 4.03. The van der Waals surface area contributed by atoms with Gasteiger partial charge < -0.3 is 9.84 Å². The van der Waals surface area contributed by atoms with Crippen LogP contribution in [0.5, 0.6) is 5.75 Å². The van der Waals surface area contributed by atoms with E-state index in [1.807, 2.05) is 32.0 Å². The van der Waals surface area contributed by atoms with Gasteiger partial charge >= 0.3 is 5.97 Å². The minimum absolute atomic E-state index is 0.124. The van der Waals surface area contributed by atoms with E-state index in [-0.39, 0.29) is 17.9 Å². The van der Waals surface area contributed by atoms with Gasteiger partial charge in [0.1, 0.15) is 18.2 Å². The molecule has 0 amide bonds. The molecule has 0 radical (unpaired) electrons. The Morgan fingerprint density at radius 1 is 1.20 bits per heavy atom. The summed E-state index contributed by atoms with van der Waals surface area (Å²) in [7, 11) is 0. The SMILES string of the molecule is Cc1cccc(C)c1COc1cc(F)cc(C(=O)O)c1. The summed E-state index contributed by atoms with van der Waals surface area (Å²) in [5.74, 6) is -1.59. The van der Waals surface area contributed by atoms with Gasteiger partial charge in [0.05, 0.1) is 5.56 Å². The molecule has 0 saturated carbocycles. The molecule has 4 heteroatoms. The number of rotatable bonds is 4. The molecule has 1 N–H and O–H groups in total. The first-order chi connectivity index (χ1) is 9.47. The largest absolute Gasteiger partial charge is 0.489 e. The van der Waals surface area contributed by atoms with Crippen LogP contribution in [0.1, 0.15) is 27.0 Å². The second kappa shape index (κ2) is 5.74. The fourth-order valence-electron chi connectivity index (χ4n) is 2.00. The minimum atomic E-state index is -1.18. The number of carboxylic acids is 1. The van der Waals surface area contributed by atoms with Crippen molar-refractivity contribution in [3.63, 3.8) is 0 Å². The first-order valence-electron chi connectivity index (χ1n) is 6.19. The molecular formula is C16H15FO3. The molecule has 0 fully saturated rings. The van der Waals surface area contributed by atoms with Crippen molar-refractivity contribution < 1.29 is 19.0 Å². The van der Waals surface area contributed by atoms with Gasteiger partial charge in [0.2, 0.25) is 0 Å². The monoisotopic (exact) mass is 274 g/mol. The maximum Gasteiger partial charge on any atom is 0.335 e. The van der Waals surface area contributed by atoms with E-state index in [0.717, 1.165) is 22.8 Å². The molecule has 2 aromatic carbocycles. The summed E-state index contributed by atoms with van der Waals surface area (Å²) in [6.45, 7) is 4.22. The molecule has 0 atom stereocenters. The van der Waals surface area contributed by atoms with Crippen molar-refractivity contribution in [3.8, 4) is 5.75 Å². The molecule has 3 nitrogen and oxygen atoms in total. The highest BCUT2D eigenvalue weighted by Gasteiger charge is 2.09. The van der Waals surface area contributed by atoms with Crippen molar-refractivity contribution in [2.24, 2.45) is 0 Å². The zero-order valence-corrected chi connectivity index (χ0v) is 11.3. The summed E-state index contributed by atoms with van der Waals surface area (Å²) in [6, 6.07) is 9.37. The van der Waals surface area contributed by atoms with Crippen LogP contribution >= 0.6 is 0 Å². The zero-order chi connectivity index (χ0) is 14.7. The van der Waals surface area contributed by atoms with Crippen LogP contribution in [0.3, 0.4) is 0 Å². The molecular weight excluding hydrogens is 259 g/mol. The van der Waals surface area contributed by atoms with Crippen molar-refractivity contribution in [2.75, 3.05) is 0 Å². The molecule has 0 unspecified atom stereocenters. The molecule has 20 heavy (non-hydrogen) atoms. The fourth-order valence-corrected chi connectivity index (χ4v) is 2.00. The Morgan fingerprint density at radius 2 is 1.85 bits per heavy atom. The summed E-state index contributed by atoms with van der Waals surface area (Å²) in [5.41, 5.74) is 3.06. The van der Waals surface area contributed by atoms with Crippen LogP contribution in [-0.4, -0.2) is 11.1 Å². The van der Waals surface area contributed by atoms with Crippen LogP contribution in [0.15, 0.2) is 36.4 Å². The molecule has 104 valence electrons. The number of hydrogen-bond acceptors (Lipinski definition) is 2. The maximum absolute atomic E-state index is 13.3. The second-order valence-corrected chi connectivity index (χ2v) is 4.64. The normalized spacial score (nSPS) is 10.3.